The van der Waals surface area contributed by atoms with Crippen LogP contribution < -0.4 is 20.1 Å². The van der Waals surface area contributed by atoms with Gasteiger partial charge in [-0.1, -0.05) is 24.3 Å². The van der Waals surface area contributed by atoms with Crippen LogP contribution in [0.5, 0.6) is 11.5 Å². The van der Waals surface area contributed by atoms with E-state index in [2.05, 4.69) is 10.6 Å². The van der Waals surface area contributed by atoms with Gasteiger partial charge in [0.2, 0.25) is 5.91 Å². The van der Waals surface area contributed by atoms with Crippen LogP contribution in [-0.2, 0) is 15.1 Å². The first-order valence-corrected chi connectivity index (χ1v) is 10.9. The molecule has 4 rings (SSSR count). The summed E-state index contributed by atoms with van der Waals surface area (Å²) in [4.78, 5) is 50.6. The van der Waals surface area contributed by atoms with E-state index in [1.165, 1.54) is 14.2 Å². The van der Waals surface area contributed by atoms with Crippen molar-refractivity contribution in [3.8, 4) is 11.5 Å². The number of halogens is 1. The van der Waals surface area contributed by atoms with Gasteiger partial charge < -0.3 is 20.1 Å². The van der Waals surface area contributed by atoms with Crippen LogP contribution in [0.3, 0.4) is 0 Å². The molecule has 0 aromatic heterocycles. The molecule has 0 unspecified atom stereocenters. The normalized spacial score (nSPS) is 14.2. The summed E-state index contributed by atoms with van der Waals surface area (Å²) in [6, 6.07) is 14.8. The molecule has 0 spiro atoms. The summed E-state index contributed by atoms with van der Waals surface area (Å²) >= 11 is 0. The second-order valence-electron chi connectivity index (χ2n) is 8.00. The first kappa shape index (κ1) is 25.1. The summed E-state index contributed by atoms with van der Waals surface area (Å²) in [7, 11) is 2.98. The van der Waals surface area contributed by atoms with Gasteiger partial charge in [0.05, 0.1) is 25.2 Å². The zero-order valence-corrected chi connectivity index (χ0v) is 19.7. The fourth-order valence-corrected chi connectivity index (χ4v) is 4.05. The number of imide groups is 1. The molecule has 190 valence electrons. The number of rotatable bonds is 8. The highest BCUT2D eigenvalue weighted by atomic mass is 19.1. The Bertz CT molecular complexity index is 1330. The van der Waals surface area contributed by atoms with Crippen LogP contribution in [0.2, 0.25) is 0 Å². The molecule has 1 saturated heterocycles. The SMILES string of the molecule is COc1ccc(C2(c3ccc(OC)cc3)NC(=O)N(CC(=O)Nc3ccc(F)cc3[N+](=O)[O-])C2=O)cc1. The molecule has 2 N–H and O–H groups in total. The lowest BCUT2D eigenvalue weighted by Crippen LogP contribution is -2.45. The maximum Gasteiger partial charge on any atom is 0.326 e. The second kappa shape index (κ2) is 9.93. The lowest BCUT2D eigenvalue weighted by molar-refractivity contribution is -0.384. The van der Waals surface area contributed by atoms with Crippen molar-refractivity contribution < 1.29 is 33.2 Å². The molecule has 37 heavy (non-hydrogen) atoms. The van der Waals surface area contributed by atoms with Crippen molar-refractivity contribution in [3.05, 3.63) is 93.8 Å². The molecular weight excluding hydrogens is 487 g/mol. The lowest BCUT2D eigenvalue weighted by Gasteiger charge is -2.28. The maximum atomic E-state index is 13.8. The highest BCUT2D eigenvalue weighted by molar-refractivity contribution is 6.12. The Hall–Kier alpha value is -5.00. The van der Waals surface area contributed by atoms with Crippen molar-refractivity contribution in [2.24, 2.45) is 0 Å². The van der Waals surface area contributed by atoms with Crippen LogP contribution >= 0.6 is 0 Å². The number of urea groups is 1. The van der Waals surface area contributed by atoms with E-state index < -0.39 is 46.4 Å². The smallest absolute Gasteiger partial charge is 0.326 e. The Morgan fingerprint density at radius 1 is 1.00 bits per heavy atom. The van der Waals surface area contributed by atoms with Gasteiger partial charge in [0.25, 0.3) is 11.6 Å². The van der Waals surface area contributed by atoms with Crippen molar-refractivity contribution in [2.45, 2.75) is 5.54 Å². The van der Waals surface area contributed by atoms with Crippen molar-refractivity contribution >= 4 is 29.2 Å². The number of amides is 4. The van der Waals surface area contributed by atoms with Crippen LogP contribution in [0, 0.1) is 15.9 Å². The molecule has 1 fully saturated rings. The number of ether oxygens (including phenoxy) is 2. The summed E-state index contributed by atoms with van der Waals surface area (Å²) in [5, 5.41) is 16.2. The molecule has 3 aromatic carbocycles. The van der Waals surface area contributed by atoms with Gasteiger partial charge in [-0.25, -0.2) is 9.18 Å². The van der Waals surface area contributed by atoms with Gasteiger partial charge in [0, 0.05) is 0 Å². The van der Waals surface area contributed by atoms with E-state index in [-0.39, 0.29) is 5.69 Å². The number of nitro benzene ring substituents is 1. The van der Waals surface area contributed by atoms with E-state index in [1.807, 2.05) is 0 Å². The molecule has 1 heterocycles. The second-order valence-corrected chi connectivity index (χ2v) is 8.00. The van der Waals surface area contributed by atoms with Crippen molar-refractivity contribution in [3.63, 3.8) is 0 Å². The predicted molar refractivity (Wildman–Crippen MR) is 129 cm³/mol. The Balaban J connectivity index is 1.67. The van der Waals surface area contributed by atoms with Crippen LogP contribution in [0.1, 0.15) is 11.1 Å². The van der Waals surface area contributed by atoms with E-state index in [1.54, 1.807) is 48.5 Å². The van der Waals surface area contributed by atoms with Gasteiger partial charge in [0.15, 0.2) is 5.54 Å². The summed E-state index contributed by atoms with van der Waals surface area (Å²) in [6.45, 7) is -0.743. The zero-order chi connectivity index (χ0) is 26.7. The molecule has 12 heteroatoms. The van der Waals surface area contributed by atoms with Crippen molar-refractivity contribution in [2.75, 3.05) is 26.1 Å². The van der Waals surface area contributed by atoms with Crippen LogP contribution in [0.25, 0.3) is 0 Å². The third-order valence-electron chi connectivity index (χ3n) is 5.88. The van der Waals surface area contributed by atoms with E-state index in [4.69, 9.17) is 9.47 Å². The minimum atomic E-state index is -1.67. The highest BCUT2D eigenvalue weighted by Gasteiger charge is 2.54. The number of methoxy groups -OCH3 is 2. The van der Waals surface area contributed by atoms with Gasteiger partial charge in [-0.2, -0.15) is 0 Å². The highest BCUT2D eigenvalue weighted by Crippen LogP contribution is 2.37. The fraction of sp³-hybridized carbons (Fsp3) is 0.160. The fourth-order valence-electron chi connectivity index (χ4n) is 4.05. The van der Waals surface area contributed by atoms with E-state index >= 15 is 0 Å². The number of hydrogen-bond acceptors (Lipinski definition) is 7. The number of nitrogens with zero attached hydrogens (tertiary/aromatic N) is 2. The van der Waals surface area contributed by atoms with Gasteiger partial charge in [-0.05, 0) is 47.5 Å². The number of hydrogen-bond donors (Lipinski definition) is 2. The Kier molecular flexibility index (Phi) is 6.74. The molecule has 11 nitrogen and oxygen atoms in total. The summed E-state index contributed by atoms with van der Waals surface area (Å²) in [6.07, 6.45) is 0. The molecule has 1 aliphatic heterocycles. The maximum absolute atomic E-state index is 13.8. The standard InChI is InChI=1S/C25H21FN4O7/c1-36-18-8-3-15(4-9-18)25(16-5-10-19(37-2)11-6-16)23(32)29(24(33)28-25)14-22(31)27-20-12-7-17(26)13-21(20)30(34)35/h3-13H,14H2,1-2H3,(H,27,31)(H,28,33). The number of nitro groups is 1. The van der Waals surface area contributed by atoms with E-state index in [9.17, 15) is 28.9 Å². The summed E-state index contributed by atoms with van der Waals surface area (Å²) in [5.74, 6) is -1.43. The topological polar surface area (TPSA) is 140 Å². The first-order chi connectivity index (χ1) is 17.7. The molecular formula is C25H21FN4O7. The van der Waals surface area contributed by atoms with E-state index in [0.29, 0.717) is 33.6 Å². The van der Waals surface area contributed by atoms with Gasteiger partial charge in [-0.15, -0.1) is 0 Å². The summed E-state index contributed by atoms with van der Waals surface area (Å²) in [5.41, 5.74) is -1.79. The van der Waals surface area contributed by atoms with E-state index in [0.717, 1.165) is 12.1 Å². The third kappa shape index (κ3) is 4.63. The van der Waals surface area contributed by atoms with Gasteiger partial charge in [0.1, 0.15) is 29.5 Å². The number of carbonyl (C=O) groups excluding carboxylic acids is 3. The average molecular weight is 508 g/mol. The van der Waals surface area contributed by atoms with Crippen molar-refractivity contribution in [1.82, 2.24) is 10.2 Å². The third-order valence-corrected chi connectivity index (χ3v) is 5.88. The zero-order valence-electron chi connectivity index (χ0n) is 19.7. The molecule has 3 aromatic rings. The minimum Gasteiger partial charge on any atom is -0.497 e. The molecule has 0 bridgehead atoms. The van der Waals surface area contributed by atoms with Crippen LogP contribution in [-0.4, -0.2) is 48.4 Å². The number of anilines is 1. The number of benzene rings is 3. The first-order valence-electron chi connectivity index (χ1n) is 10.9. The molecule has 0 radical (unpaired) electrons. The average Bonchev–Trinajstić information content (AvgIpc) is 3.15. The van der Waals surface area contributed by atoms with Gasteiger partial charge >= 0.3 is 6.03 Å². The largest absolute Gasteiger partial charge is 0.497 e. The summed E-state index contributed by atoms with van der Waals surface area (Å²) < 4.78 is 23.8. The minimum absolute atomic E-state index is 0.278. The quantitative estimate of drug-likeness (QED) is 0.271. The Morgan fingerprint density at radius 3 is 2.03 bits per heavy atom. The Labute approximate surface area is 209 Å². The Morgan fingerprint density at radius 2 is 1.54 bits per heavy atom. The molecule has 0 aliphatic carbocycles. The molecule has 0 atom stereocenters. The molecule has 0 saturated carbocycles. The van der Waals surface area contributed by atoms with Gasteiger partial charge in [-0.3, -0.25) is 24.6 Å². The van der Waals surface area contributed by atoms with Crippen LogP contribution in [0.15, 0.2) is 66.7 Å². The van der Waals surface area contributed by atoms with Crippen LogP contribution in [0.4, 0.5) is 20.6 Å². The lowest BCUT2D eigenvalue weighted by atomic mass is 9.82. The monoisotopic (exact) mass is 508 g/mol. The van der Waals surface area contributed by atoms with Crippen molar-refractivity contribution in [1.29, 1.82) is 0 Å². The number of carbonyl (C=O) groups is 3. The molecule has 4 amide bonds. The number of nitrogens with one attached hydrogen (secondary N) is 2. The molecule has 1 aliphatic rings. The predicted octanol–water partition coefficient (Wildman–Crippen LogP) is 3.19.